The van der Waals surface area contributed by atoms with E-state index < -0.39 is 17.6 Å². The van der Waals surface area contributed by atoms with Crippen LogP contribution < -0.4 is 9.47 Å². The number of fused-ring (bicyclic) bond motifs is 1. The first-order valence-electron chi connectivity index (χ1n) is 10.9. The lowest BCUT2D eigenvalue weighted by Gasteiger charge is -2.20. The molecule has 3 rings (SSSR count). The van der Waals surface area contributed by atoms with Gasteiger partial charge in [-0.25, -0.2) is 0 Å². The molecule has 5 heteroatoms. The van der Waals surface area contributed by atoms with E-state index in [0.29, 0.717) is 17.8 Å². The van der Waals surface area contributed by atoms with Gasteiger partial charge in [-0.2, -0.15) is 8.78 Å². The Morgan fingerprint density at radius 3 is 2.43 bits per heavy atom. The van der Waals surface area contributed by atoms with E-state index in [2.05, 4.69) is 6.92 Å². The Morgan fingerprint density at radius 1 is 0.964 bits per heavy atom. The quantitative estimate of drug-likeness (QED) is 0.280. The molecule has 4 atom stereocenters. The lowest BCUT2D eigenvalue weighted by molar-refractivity contribution is -0.140. The summed E-state index contributed by atoms with van der Waals surface area (Å²) < 4.78 is 38.6. The van der Waals surface area contributed by atoms with Gasteiger partial charge in [0.15, 0.2) is 11.5 Å². The zero-order chi connectivity index (χ0) is 20.1. The lowest BCUT2D eigenvalue weighted by atomic mass is 9.86. The van der Waals surface area contributed by atoms with E-state index in [-0.39, 0.29) is 24.0 Å². The van der Waals surface area contributed by atoms with E-state index in [0.717, 1.165) is 19.3 Å². The lowest BCUT2D eigenvalue weighted by Crippen LogP contribution is -2.25. The monoisotopic (exact) mass is 394 g/mol. The predicted octanol–water partition coefficient (Wildman–Crippen LogP) is 6.29. The average Bonchev–Trinajstić information content (AvgIpc) is 3.27. The summed E-state index contributed by atoms with van der Waals surface area (Å²) in [5.41, 5.74) is 0. The van der Waals surface area contributed by atoms with Crippen LogP contribution in [0.4, 0.5) is 8.78 Å². The second-order valence-corrected chi connectivity index (χ2v) is 8.24. The summed E-state index contributed by atoms with van der Waals surface area (Å²) in [6.45, 7) is 4.15. The zero-order valence-electron chi connectivity index (χ0n) is 17.0. The molecule has 0 amide bonds. The number of unbranched alkanes of at least 4 members (excludes halogenated alkanes) is 3. The summed E-state index contributed by atoms with van der Waals surface area (Å²) in [6, 6.07) is 2.59. The Kier molecular flexibility index (Phi) is 7.30. The van der Waals surface area contributed by atoms with Gasteiger partial charge in [0.25, 0.3) is 0 Å². The largest absolute Gasteiger partial charge is 0.491 e. The maximum absolute atomic E-state index is 14.2. The van der Waals surface area contributed by atoms with Crippen LogP contribution in [0.25, 0.3) is 0 Å². The fourth-order valence-electron chi connectivity index (χ4n) is 5.25. The summed E-state index contributed by atoms with van der Waals surface area (Å²) in [5.74, 6) is -1.76. The van der Waals surface area contributed by atoms with Crippen LogP contribution in [0, 0.1) is 35.3 Å². The summed E-state index contributed by atoms with van der Waals surface area (Å²) in [6.07, 6.45) is 10.4. The minimum atomic E-state index is -1.16. The van der Waals surface area contributed by atoms with Gasteiger partial charge in [0.05, 0.1) is 12.5 Å². The molecule has 0 aliphatic heterocycles. The highest BCUT2D eigenvalue weighted by molar-refractivity contribution is 5.76. The molecule has 0 saturated heterocycles. The minimum absolute atomic E-state index is 0.164. The maximum Gasteiger partial charge on any atom is 0.314 e. The molecule has 1 aromatic rings. The highest BCUT2D eigenvalue weighted by Crippen LogP contribution is 2.52. The number of rotatable bonds is 9. The number of hydrogen-bond acceptors (Lipinski definition) is 3. The number of carbonyl (C=O) groups is 1. The van der Waals surface area contributed by atoms with Crippen molar-refractivity contribution in [3.63, 3.8) is 0 Å². The molecule has 0 heterocycles. The van der Waals surface area contributed by atoms with Crippen LogP contribution in [-0.2, 0) is 4.79 Å². The van der Waals surface area contributed by atoms with E-state index >= 15 is 0 Å². The first kappa shape index (κ1) is 21.1. The van der Waals surface area contributed by atoms with Crippen LogP contribution in [0.2, 0.25) is 0 Å². The molecule has 2 saturated carbocycles. The van der Waals surface area contributed by atoms with Crippen LogP contribution in [0.5, 0.6) is 11.5 Å². The van der Waals surface area contributed by atoms with Crippen LogP contribution in [0.1, 0.15) is 71.6 Å². The van der Waals surface area contributed by atoms with Crippen molar-refractivity contribution in [2.45, 2.75) is 71.6 Å². The smallest absolute Gasteiger partial charge is 0.314 e. The average molecular weight is 395 g/mol. The molecule has 2 fully saturated rings. The molecule has 3 nitrogen and oxygen atoms in total. The third kappa shape index (κ3) is 4.49. The molecule has 28 heavy (non-hydrogen) atoms. The zero-order valence-corrected chi connectivity index (χ0v) is 17.0. The van der Waals surface area contributed by atoms with E-state index in [1.165, 1.54) is 50.7 Å². The molecule has 0 spiro atoms. The van der Waals surface area contributed by atoms with Crippen LogP contribution in [0.15, 0.2) is 12.1 Å². The fraction of sp³-hybridized carbons (Fsp3) is 0.696. The SMILES string of the molecule is CCCCCCC1CCC2C(C(=O)Oc3ccc(OCC)c(F)c3F)CCC12. The summed E-state index contributed by atoms with van der Waals surface area (Å²) in [4.78, 5) is 12.7. The normalized spacial score (nSPS) is 26.3. The third-order valence-corrected chi connectivity index (χ3v) is 6.61. The van der Waals surface area contributed by atoms with Gasteiger partial charge in [-0.15, -0.1) is 0 Å². The molecule has 0 bridgehead atoms. The van der Waals surface area contributed by atoms with Crippen molar-refractivity contribution >= 4 is 5.97 Å². The maximum atomic E-state index is 14.2. The highest BCUT2D eigenvalue weighted by Gasteiger charge is 2.47. The van der Waals surface area contributed by atoms with Crippen molar-refractivity contribution in [3.05, 3.63) is 23.8 Å². The highest BCUT2D eigenvalue weighted by atomic mass is 19.2. The number of carbonyl (C=O) groups excluding carboxylic acids is 1. The van der Waals surface area contributed by atoms with Gasteiger partial charge < -0.3 is 9.47 Å². The van der Waals surface area contributed by atoms with Crippen LogP contribution in [0.3, 0.4) is 0 Å². The Hall–Kier alpha value is -1.65. The van der Waals surface area contributed by atoms with Crippen LogP contribution in [-0.4, -0.2) is 12.6 Å². The molecular formula is C23H32F2O3. The van der Waals surface area contributed by atoms with Crippen molar-refractivity contribution in [1.29, 1.82) is 0 Å². The number of esters is 1. The van der Waals surface area contributed by atoms with Crippen molar-refractivity contribution in [1.82, 2.24) is 0 Å². The fourth-order valence-corrected chi connectivity index (χ4v) is 5.25. The molecule has 0 aromatic heterocycles. The molecule has 1 aromatic carbocycles. The second-order valence-electron chi connectivity index (χ2n) is 8.24. The molecule has 156 valence electrons. The van der Waals surface area contributed by atoms with E-state index in [1.54, 1.807) is 6.92 Å². The molecule has 0 radical (unpaired) electrons. The van der Waals surface area contributed by atoms with Crippen molar-refractivity contribution < 1.29 is 23.0 Å². The Labute approximate surface area is 166 Å². The van der Waals surface area contributed by atoms with E-state index in [4.69, 9.17) is 9.47 Å². The van der Waals surface area contributed by atoms with Gasteiger partial charge in [0, 0.05) is 0 Å². The number of hydrogen-bond donors (Lipinski definition) is 0. The van der Waals surface area contributed by atoms with Gasteiger partial charge in [-0.3, -0.25) is 4.79 Å². The number of ether oxygens (including phenoxy) is 2. The van der Waals surface area contributed by atoms with Gasteiger partial charge in [0.2, 0.25) is 11.6 Å². The number of benzene rings is 1. The van der Waals surface area contributed by atoms with Crippen LogP contribution >= 0.6 is 0 Å². The van der Waals surface area contributed by atoms with Crippen molar-refractivity contribution in [2.75, 3.05) is 6.61 Å². The third-order valence-electron chi connectivity index (χ3n) is 6.61. The Bertz CT molecular complexity index is 676. The van der Waals surface area contributed by atoms with Gasteiger partial charge in [0.1, 0.15) is 0 Å². The molecule has 4 unspecified atom stereocenters. The van der Waals surface area contributed by atoms with Gasteiger partial charge in [-0.1, -0.05) is 39.0 Å². The van der Waals surface area contributed by atoms with Crippen molar-refractivity contribution in [3.8, 4) is 11.5 Å². The Balaban J connectivity index is 1.58. The summed E-state index contributed by atoms with van der Waals surface area (Å²) >= 11 is 0. The van der Waals surface area contributed by atoms with Gasteiger partial charge >= 0.3 is 5.97 Å². The summed E-state index contributed by atoms with van der Waals surface area (Å²) in [5, 5.41) is 0. The summed E-state index contributed by atoms with van der Waals surface area (Å²) in [7, 11) is 0. The molecule has 0 N–H and O–H groups in total. The van der Waals surface area contributed by atoms with E-state index in [1.807, 2.05) is 0 Å². The molecular weight excluding hydrogens is 362 g/mol. The first-order valence-corrected chi connectivity index (χ1v) is 10.9. The van der Waals surface area contributed by atoms with E-state index in [9.17, 15) is 13.6 Å². The predicted molar refractivity (Wildman–Crippen MR) is 104 cm³/mol. The number of halogens is 2. The standard InChI is InChI=1S/C23H32F2O3/c1-3-5-6-7-8-15-9-10-17-16(15)11-12-18(17)23(26)28-20-14-13-19(27-4-2)21(24)22(20)25/h13-18H,3-12H2,1-2H3. The topological polar surface area (TPSA) is 35.5 Å². The first-order chi connectivity index (χ1) is 13.6. The van der Waals surface area contributed by atoms with Gasteiger partial charge in [-0.05, 0) is 62.5 Å². The molecule has 2 aliphatic rings. The molecule has 2 aliphatic carbocycles. The van der Waals surface area contributed by atoms with Crippen molar-refractivity contribution in [2.24, 2.45) is 23.7 Å². The Morgan fingerprint density at radius 2 is 1.68 bits per heavy atom. The second kappa shape index (κ2) is 9.71. The minimum Gasteiger partial charge on any atom is -0.491 e.